The van der Waals surface area contributed by atoms with Gasteiger partial charge in [-0.3, -0.25) is 9.69 Å². The van der Waals surface area contributed by atoms with Gasteiger partial charge in [0.1, 0.15) is 0 Å². The highest BCUT2D eigenvalue weighted by molar-refractivity contribution is 8.27. The molecule has 1 aliphatic rings. The first-order valence-electron chi connectivity index (χ1n) is 7.02. The quantitative estimate of drug-likeness (QED) is 0.460. The molecular formula is C18H11NOS3. The van der Waals surface area contributed by atoms with E-state index < -0.39 is 0 Å². The molecule has 1 saturated heterocycles. The van der Waals surface area contributed by atoms with Crippen LogP contribution in [0.1, 0.15) is 5.56 Å². The van der Waals surface area contributed by atoms with Gasteiger partial charge in [-0.25, -0.2) is 0 Å². The highest BCUT2D eigenvalue weighted by Crippen LogP contribution is 2.38. The van der Waals surface area contributed by atoms with Gasteiger partial charge in [-0.1, -0.05) is 60.4 Å². The van der Waals surface area contributed by atoms with Crippen LogP contribution >= 0.6 is 35.3 Å². The average molecular weight is 353 g/mol. The summed E-state index contributed by atoms with van der Waals surface area (Å²) in [4.78, 5) is 15.1. The number of thioether (sulfide) groups is 1. The molecule has 1 aromatic heterocycles. The summed E-state index contributed by atoms with van der Waals surface area (Å²) >= 11 is 8.43. The Morgan fingerprint density at radius 1 is 1.04 bits per heavy atom. The van der Waals surface area contributed by atoms with Crippen LogP contribution in [0, 0.1) is 0 Å². The number of thiocarbonyl (C=S) groups is 1. The van der Waals surface area contributed by atoms with Crippen molar-refractivity contribution in [2.45, 2.75) is 0 Å². The lowest BCUT2D eigenvalue weighted by molar-refractivity contribution is -0.113. The summed E-state index contributed by atoms with van der Waals surface area (Å²) in [7, 11) is 0. The summed E-state index contributed by atoms with van der Waals surface area (Å²) in [6.07, 6.45) is 1.90. The number of rotatable bonds is 2. The molecule has 2 aromatic carbocycles. The van der Waals surface area contributed by atoms with Gasteiger partial charge in [0.05, 0.1) is 10.6 Å². The van der Waals surface area contributed by atoms with E-state index in [-0.39, 0.29) is 5.91 Å². The fourth-order valence-electron chi connectivity index (χ4n) is 2.59. The van der Waals surface area contributed by atoms with Crippen LogP contribution in [0.2, 0.25) is 0 Å². The van der Waals surface area contributed by atoms with Crippen molar-refractivity contribution < 1.29 is 4.79 Å². The summed E-state index contributed by atoms with van der Waals surface area (Å²) in [5.41, 5.74) is 1.88. The molecule has 3 aromatic rings. The summed E-state index contributed by atoms with van der Waals surface area (Å²) in [5, 5.41) is 6.14. The van der Waals surface area contributed by atoms with Crippen LogP contribution in [0.3, 0.4) is 0 Å². The Morgan fingerprint density at radius 2 is 1.87 bits per heavy atom. The van der Waals surface area contributed by atoms with E-state index in [0.717, 1.165) is 22.0 Å². The van der Waals surface area contributed by atoms with E-state index in [2.05, 4.69) is 0 Å². The molecule has 0 unspecified atom stereocenters. The van der Waals surface area contributed by atoms with Crippen molar-refractivity contribution in [2.75, 3.05) is 4.90 Å². The molecule has 0 radical (unpaired) electrons. The number of fused-ring (bicyclic) bond motifs is 1. The second-order valence-electron chi connectivity index (χ2n) is 5.07. The number of nitrogens with zero attached hydrogens (tertiary/aromatic N) is 1. The fourth-order valence-corrected chi connectivity index (χ4v) is 4.49. The van der Waals surface area contributed by atoms with Crippen LogP contribution in [0.4, 0.5) is 5.69 Å². The number of carbonyl (C=O) groups is 1. The molecule has 5 heteroatoms. The maximum atomic E-state index is 12.8. The van der Waals surface area contributed by atoms with Crippen LogP contribution in [-0.2, 0) is 4.79 Å². The van der Waals surface area contributed by atoms with Gasteiger partial charge in [-0.2, -0.15) is 11.3 Å². The van der Waals surface area contributed by atoms with Gasteiger partial charge < -0.3 is 0 Å². The van der Waals surface area contributed by atoms with E-state index in [4.69, 9.17) is 12.2 Å². The second-order valence-corrected chi connectivity index (χ2v) is 7.53. The number of benzene rings is 2. The summed E-state index contributed by atoms with van der Waals surface area (Å²) in [6.45, 7) is 0. The van der Waals surface area contributed by atoms with Crippen molar-refractivity contribution in [1.29, 1.82) is 0 Å². The van der Waals surface area contributed by atoms with Crippen LogP contribution < -0.4 is 4.90 Å². The third-order valence-corrected chi connectivity index (χ3v) is 5.65. The number of thiophene rings is 1. The normalized spacial score (nSPS) is 16.7. The monoisotopic (exact) mass is 353 g/mol. The topological polar surface area (TPSA) is 20.3 Å². The molecule has 2 nitrogen and oxygen atoms in total. The van der Waals surface area contributed by atoms with Crippen LogP contribution in [0.25, 0.3) is 16.8 Å². The molecule has 2 heterocycles. The number of amides is 1. The Kier molecular flexibility index (Phi) is 3.77. The van der Waals surface area contributed by atoms with Crippen LogP contribution in [0.15, 0.2) is 64.2 Å². The molecule has 0 spiro atoms. The third-order valence-electron chi connectivity index (χ3n) is 3.64. The average Bonchev–Trinajstić information content (AvgIpc) is 3.16. The zero-order valence-electron chi connectivity index (χ0n) is 11.9. The maximum Gasteiger partial charge on any atom is 0.270 e. The van der Waals surface area contributed by atoms with Gasteiger partial charge in [-0.05, 0) is 39.9 Å². The van der Waals surface area contributed by atoms with E-state index in [1.54, 1.807) is 16.2 Å². The molecule has 0 saturated carbocycles. The highest BCUT2D eigenvalue weighted by Gasteiger charge is 2.34. The lowest BCUT2D eigenvalue weighted by Gasteiger charge is -2.17. The van der Waals surface area contributed by atoms with Crippen molar-refractivity contribution in [3.05, 3.63) is 69.8 Å². The first-order valence-corrected chi connectivity index (χ1v) is 9.19. The van der Waals surface area contributed by atoms with Crippen molar-refractivity contribution >= 4 is 68.1 Å². The van der Waals surface area contributed by atoms with Gasteiger partial charge in [0, 0.05) is 5.39 Å². The van der Waals surface area contributed by atoms with Gasteiger partial charge in [0.2, 0.25) is 0 Å². The predicted molar refractivity (Wildman–Crippen MR) is 104 cm³/mol. The first kappa shape index (κ1) is 14.6. The standard InChI is InChI=1S/C18H11NOS3/c20-17-16(10-12-8-9-22-11-12)23-18(21)19(17)15-7-3-5-13-4-1-2-6-14(13)15/h1-11H/b16-10+. The lowest BCUT2D eigenvalue weighted by atomic mass is 10.1. The molecular weight excluding hydrogens is 342 g/mol. The van der Waals surface area contributed by atoms with E-state index in [0.29, 0.717) is 9.23 Å². The Morgan fingerprint density at radius 3 is 2.70 bits per heavy atom. The largest absolute Gasteiger partial charge is 0.270 e. The molecule has 1 amide bonds. The molecule has 4 rings (SSSR count). The Labute approximate surface area is 147 Å². The highest BCUT2D eigenvalue weighted by atomic mass is 32.2. The van der Waals surface area contributed by atoms with Crippen molar-refractivity contribution in [1.82, 2.24) is 0 Å². The molecule has 1 fully saturated rings. The molecule has 0 aliphatic carbocycles. The van der Waals surface area contributed by atoms with E-state index in [9.17, 15) is 4.79 Å². The Hall–Kier alpha value is -1.95. The minimum atomic E-state index is -0.0532. The minimum Gasteiger partial charge on any atom is -0.268 e. The first-order chi connectivity index (χ1) is 11.2. The van der Waals surface area contributed by atoms with Gasteiger partial charge >= 0.3 is 0 Å². The number of anilines is 1. The van der Waals surface area contributed by atoms with E-state index in [1.165, 1.54) is 11.8 Å². The third kappa shape index (κ3) is 2.61. The van der Waals surface area contributed by atoms with Crippen LogP contribution in [0.5, 0.6) is 0 Å². The van der Waals surface area contributed by atoms with Crippen molar-refractivity contribution in [2.24, 2.45) is 0 Å². The molecule has 23 heavy (non-hydrogen) atoms. The summed E-state index contributed by atoms with van der Waals surface area (Å²) in [5.74, 6) is -0.0532. The second kappa shape index (κ2) is 5.92. The molecule has 112 valence electrons. The smallest absolute Gasteiger partial charge is 0.268 e. The Bertz CT molecular complexity index is 939. The van der Waals surface area contributed by atoms with Gasteiger partial charge in [-0.15, -0.1) is 0 Å². The molecule has 0 N–H and O–H groups in total. The van der Waals surface area contributed by atoms with Gasteiger partial charge in [0.25, 0.3) is 5.91 Å². The predicted octanol–water partition coefficient (Wildman–Crippen LogP) is 5.31. The van der Waals surface area contributed by atoms with Crippen LogP contribution in [-0.4, -0.2) is 10.2 Å². The van der Waals surface area contributed by atoms with E-state index in [1.807, 2.05) is 65.4 Å². The van der Waals surface area contributed by atoms with Gasteiger partial charge in [0.15, 0.2) is 4.32 Å². The van der Waals surface area contributed by atoms with Crippen molar-refractivity contribution in [3.63, 3.8) is 0 Å². The summed E-state index contributed by atoms with van der Waals surface area (Å²) < 4.78 is 0.577. The molecule has 0 atom stereocenters. The van der Waals surface area contributed by atoms with E-state index >= 15 is 0 Å². The summed E-state index contributed by atoms with van der Waals surface area (Å²) in [6, 6.07) is 16.0. The zero-order valence-corrected chi connectivity index (χ0v) is 14.4. The Balaban J connectivity index is 1.80. The number of carbonyl (C=O) groups excluding carboxylic acids is 1. The molecule has 0 bridgehead atoms. The minimum absolute atomic E-state index is 0.0532. The van der Waals surface area contributed by atoms with Crippen molar-refractivity contribution in [3.8, 4) is 0 Å². The lowest BCUT2D eigenvalue weighted by Crippen LogP contribution is -2.27. The maximum absolute atomic E-state index is 12.8. The fraction of sp³-hybridized carbons (Fsp3) is 0. The number of hydrogen-bond donors (Lipinski definition) is 0. The number of hydrogen-bond acceptors (Lipinski definition) is 4. The SMILES string of the molecule is O=C1/C(=C\c2ccsc2)SC(=S)N1c1cccc2ccccc12. The molecule has 1 aliphatic heterocycles. The zero-order chi connectivity index (χ0) is 15.8.